The molecule has 4 heterocycles. The van der Waals surface area contributed by atoms with Crippen LogP contribution in [0.1, 0.15) is 70.0 Å². The van der Waals surface area contributed by atoms with E-state index < -0.39 is 105 Å². The Morgan fingerprint density at radius 1 is 1.00 bits per heavy atom. The lowest BCUT2D eigenvalue weighted by molar-refractivity contribution is -0.636. The number of rotatable bonds is 4. The highest BCUT2D eigenvalue weighted by molar-refractivity contribution is 6.23. The number of carbonyl (C=O) groups is 3. The molecule has 4 aliphatic heterocycles. The van der Waals surface area contributed by atoms with Crippen LogP contribution in [-0.4, -0.2) is 130 Å². The molecule has 0 aliphatic carbocycles. The van der Waals surface area contributed by atoms with E-state index in [1.54, 1.807) is 33.8 Å². The molecule has 2 aromatic carbocycles. The van der Waals surface area contributed by atoms with Crippen LogP contribution in [0.5, 0.6) is 23.0 Å². The fourth-order valence-corrected chi connectivity index (χ4v) is 8.04. The zero-order valence-electron chi connectivity index (χ0n) is 35.7. The van der Waals surface area contributed by atoms with Crippen LogP contribution >= 0.6 is 0 Å². The first kappa shape index (κ1) is 45.7. The summed E-state index contributed by atoms with van der Waals surface area (Å²) in [6, 6.07) is 0. The number of methoxy groups -OCH3 is 1. The van der Waals surface area contributed by atoms with Crippen molar-refractivity contribution >= 4 is 40.3 Å². The highest BCUT2D eigenvalue weighted by Crippen LogP contribution is 2.54. The molecule has 1 fully saturated rings. The average molecular weight is 838 g/mol. The average Bonchev–Trinajstić information content (AvgIpc) is 3.47. The maximum atomic E-state index is 14.4. The maximum absolute atomic E-state index is 14.4. The van der Waals surface area contributed by atoms with Gasteiger partial charge in [-0.25, -0.2) is 0 Å². The van der Waals surface area contributed by atoms with Crippen LogP contribution in [0.15, 0.2) is 36.1 Å². The van der Waals surface area contributed by atoms with E-state index in [9.17, 15) is 45.1 Å². The summed E-state index contributed by atoms with van der Waals surface area (Å²) in [7, 11) is 3.32. The summed E-state index contributed by atoms with van der Waals surface area (Å²) in [6.07, 6.45) is 4.18. The molecule has 6 rings (SSSR count). The lowest BCUT2D eigenvalue weighted by Gasteiger charge is -2.38. The van der Waals surface area contributed by atoms with E-state index in [-0.39, 0.29) is 28.0 Å². The van der Waals surface area contributed by atoms with Gasteiger partial charge in [0.05, 0.1) is 43.2 Å². The van der Waals surface area contributed by atoms with E-state index in [1.165, 1.54) is 58.0 Å². The van der Waals surface area contributed by atoms with Crippen molar-refractivity contribution in [1.82, 2.24) is 9.91 Å². The molecule has 5 N–H and O–H groups in total. The number of aliphatic hydroxyl groups is 2. The number of hydrazone groups is 1. The lowest BCUT2D eigenvalue weighted by Crippen LogP contribution is -2.47. The molecule has 17 heteroatoms. The highest BCUT2D eigenvalue weighted by Gasteiger charge is 2.49. The number of aliphatic hydroxyl groups excluding tert-OH is 2. The van der Waals surface area contributed by atoms with Gasteiger partial charge in [0.25, 0.3) is 11.7 Å². The van der Waals surface area contributed by atoms with Gasteiger partial charge < -0.3 is 59.9 Å². The minimum absolute atomic E-state index is 0.0926. The third-order valence-corrected chi connectivity index (χ3v) is 12.0. The largest absolute Gasteiger partial charge is 0.872 e. The van der Waals surface area contributed by atoms with Gasteiger partial charge in [0.2, 0.25) is 6.21 Å². The number of hydrogen-bond acceptors (Lipinski definition) is 15. The van der Waals surface area contributed by atoms with Crippen LogP contribution in [0.2, 0.25) is 0 Å². The number of carbonyl (C=O) groups excluding carboxylic acids is 3. The first-order valence-corrected chi connectivity index (χ1v) is 20.0. The summed E-state index contributed by atoms with van der Waals surface area (Å²) in [5.41, 5.74) is -1.15. The predicted octanol–water partition coefficient (Wildman–Crippen LogP) is 3.21. The van der Waals surface area contributed by atoms with Gasteiger partial charge in [-0.3, -0.25) is 14.4 Å². The molecule has 1 saturated heterocycles. The van der Waals surface area contributed by atoms with Crippen molar-refractivity contribution in [3.63, 3.8) is 0 Å². The number of esters is 1. The Morgan fingerprint density at radius 3 is 2.27 bits per heavy atom. The molecule has 60 heavy (non-hydrogen) atoms. The normalized spacial score (nSPS) is 31.9. The number of amides is 1. The molecule has 0 aromatic heterocycles. The Balaban J connectivity index is 1.73. The van der Waals surface area contributed by atoms with Gasteiger partial charge in [-0.1, -0.05) is 56.5 Å². The maximum Gasteiger partial charge on any atom is 0.312 e. The molecule has 0 unspecified atom stereocenters. The molecule has 0 spiro atoms. The molecule has 4 aliphatic rings. The Bertz CT molecular complexity index is 2120. The predicted molar refractivity (Wildman–Crippen MR) is 219 cm³/mol. The third-order valence-electron chi connectivity index (χ3n) is 12.0. The number of likely N-dealkylation sites (N-methyl/N-ethyl adjacent to an activating group) is 1. The molecule has 5 bridgehead atoms. The minimum atomic E-state index is -2.13. The molecule has 9 atom stereocenters. The molecule has 1 amide bonds. The van der Waals surface area contributed by atoms with Gasteiger partial charge in [-0.15, -0.1) is 0 Å². The third kappa shape index (κ3) is 8.75. The van der Waals surface area contributed by atoms with Crippen molar-refractivity contribution in [2.45, 2.75) is 85.6 Å². The van der Waals surface area contributed by atoms with Crippen molar-refractivity contribution in [3.05, 3.63) is 58.0 Å². The summed E-state index contributed by atoms with van der Waals surface area (Å²) in [4.78, 5) is 43.0. The second-order valence-corrected chi connectivity index (χ2v) is 16.3. The number of anilines is 1. The van der Waals surface area contributed by atoms with Crippen molar-refractivity contribution in [3.8, 4) is 23.0 Å². The van der Waals surface area contributed by atoms with Crippen molar-refractivity contribution in [2.24, 2.45) is 23.7 Å². The van der Waals surface area contributed by atoms with Crippen LogP contribution in [0.4, 0.5) is 5.69 Å². The van der Waals surface area contributed by atoms with Gasteiger partial charge in [0.15, 0.2) is 0 Å². The fourth-order valence-electron chi connectivity index (χ4n) is 8.04. The SMILES string of the molecule is CO[C@H]1/C=C/O[C@@]2(C)Oc3c(C)c([O-])c4c(O)c(c(C=[N+]([O-])N5CCN(C)CC5)c(O)c4c3C2=O)NC(=O)/C(C)=C\C=C\[C@H](C)[C@H](O)[C@@H](C)[C@@H](O)[C@@H](C)[C@H](OC(C)=O)[C@@H]1C. The molecule has 0 saturated carbocycles. The zero-order chi connectivity index (χ0) is 44.5. The second-order valence-electron chi connectivity index (χ2n) is 16.3. The van der Waals surface area contributed by atoms with Gasteiger partial charge in [-0.05, 0) is 32.5 Å². The summed E-state index contributed by atoms with van der Waals surface area (Å²) < 4.78 is 23.5. The molecule has 17 nitrogen and oxygen atoms in total. The second kappa shape index (κ2) is 18.1. The zero-order valence-corrected chi connectivity index (χ0v) is 35.7. The van der Waals surface area contributed by atoms with Crippen molar-refractivity contribution < 1.29 is 63.7 Å². The topological polar surface area (TPSA) is 237 Å². The summed E-state index contributed by atoms with van der Waals surface area (Å²) >= 11 is 0. The molecule has 328 valence electrons. The monoisotopic (exact) mass is 837 g/mol. The quantitative estimate of drug-likeness (QED) is 0.0566. The first-order chi connectivity index (χ1) is 28.1. The van der Waals surface area contributed by atoms with Crippen LogP contribution < -0.4 is 15.2 Å². The number of nitrogens with one attached hydrogen (secondary N) is 1. The number of allylic oxidation sites excluding steroid dienone is 2. The Morgan fingerprint density at radius 2 is 1.65 bits per heavy atom. The summed E-state index contributed by atoms with van der Waals surface area (Å²) in [5, 5.41) is 77.6. The van der Waals surface area contributed by atoms with E-state index in [4.69, 9.17) is 18.9 Å². The lowest BCUT2D eigenvalue weighted by atomic mass is 9.78. The van der Waals surface area contributed by atoms with Crippen molar-refractivity contribution in [1.29, 1.82) is 0 Å². The Hall–Kier alpha value is -5.36. The van der Waals surface area contributed by atoms with Crippen LogP contribution in [0.25, 0.3) is 10.8 Å². The Kier molecular flexibility index (Phi) is 13.8. The van der Waals surface area contributed by atoms with Gasteiger partial charge in [-0.2, -0.15) is 5.01 Å². The van der Waals surface area contributed by atoms with Crippen LogP contribution in [-0.2, 0) is 23.8 Å². The number of Topliss-reactive ketones (excluding diaryl/α,β-unsaturated/α-hetero) is 1. The van der Waals surface area contributed by atoms with Crippen LogP contribution in [0, 0.1) is 35.8 Å². The number of ketones is 1. The standard InChI is InChI=1S/C43H58N4O13/c1-21-12-11-13-22(2)42(55)44-33-28(20-47(56)46-17-15-45(9)16-18-46)37(52)30-31(38(33)53)36(51)26(6)40-32(30)41(54)43(8,60-40)58-19-14-29(57-10)23(3)39(59-27(7)48)25(5)35(50)24(4)34(21)49/h11-14,19-21,23-25,29,34-35,39,49-53H,15-18H2,1-10H3,(H,44,55)/p-1/b12-11+,19-14+,22-13-,47-20?/t21-,23+,24+,25+,29-,34-,35+,39+,43-/m0/s1. The van der Waals surface area contributed by atoms with Crippen LogP contribution in [0.3, 0.4) is 0 Å². The summed E-state index contributed by atoms with van der Waals surface area (Å²) in [5.74, 6) is -9.56. The highest BCUT2D eigenvalue weighted by atomic mass is 16.7. The summed E-state index contributed by atoms with van der Waals surface area (Å²) in [6.45, 7) is 13.9. The fraction of sp³-hybridized carbons (Fsp3) is 0.535. The number of aromatic hydroxyl groups is 2. The Labute approximate surface area is 349 Å². The number of benzene rings is 2. The van der Waals surface area contributed by atoms with Gasteiger partial charge >= 0.3 is 11.8 Å². The molecule has 0 radical (unpaired) electrons. The molecular weight excluding hydrogens is 780 g/mol. The number of hydrogen-bond donors (Lipinski definition) is 5. The number of nitrogens with zero attached hydrogens (tertiary/aromatic N) is 3. The number of hydrazine groups is 1. The van der Waals surface area contributed by atoms with Gasteiger partial charge in [0.1, 0.15) is 34.6 Å². The number of phenols is 2. The van der Waals surface area contributed by atoms with E-state index in [0.717, 1.165) is 12.5 Å². The number of phenolic OH excluding ortho intramolecular Hbond substituents is 2. The first-order valence-electron chi connectivity index (χ1n) is 20.0. The van der Waals surface area contributed by atoms with E-state index in [1.807, 2.05) is 11.9 Å². The van der Waals surface area contributed by atoms with E-state index in [0.29, 0.717) is 31.0 Å². The molecule has 2 aromatic rings. The number of ether oxygens (including phenoxy) is 4. The molecular formula is C43H57N4O13-. The van der Waals surface area contributed by atoms with Crippen molar-refractivity contribution in [2.75, 3.05) is 45.7 Å². The minimum Gasteiger partial charge on any atom is -0.872 e. The van der Waals surface area contributed by atoms with Gasteiger partial charge in [0, 0.05) is 74.1 Å². The van der Waals surface area contributed by atoms with E-state index >= 15 is 0 Å². The van der Waals surface area contributed by atoms with E-state index in [2.05, 4.69) is 5.32 Å². The smallest absolute Gasteiger partial charge is 0.312 e. The number of fused-ring (bicyclic) bond motifs is 14. The number of piperazine rings is 1.